The minimum atomic E-state index is -0.0322. The molecule has 3 heterocycles. The van der Waals surface area contributed by atoms with Crippen LogP contribution in [0.2, 0.25) is 0 Å². The van der Waals surface area contributed by atoms with Crippen LogP contribution in [0, 0.1) is 31.1 Å². The van der Waals surface area contributed by atoms with E-state index in [4.69, 9.17) is 9.47 Å². The van der Waals surface area contributed by atoms with Crippen LogP contribution in [0.25, 0.3) is 0 Å². The number of ketones is 1. The molecular formula is C22H23N3O3. The number of pyridine rings is 1. The Labute approximate surface area is 164 Å². The van der Waals surface area contributed by atoms with Gasteiger partial charge in [-0.1, -0.05) is 0 Å². The highest BCUT2D eigenvalue weighted by Gasteiger charge is 2.28. The molecule has 0 radical (unpaired) electrons. The maximum absolute atomic E-state index is 13.0. The predicted molar refractivity (Wildman–Crippen MR) is 105 cm³/mol. The summed E-state index contributed by atoms with van der Waals surface area (Å²) >= 11 is 0. The van der Waals surface area contributed by atoms with E-state index in [1.54, 1.807) is 6.07 Å². The van der Waals surface area contributed by atoms with E-state index in [0.29, 0.717) is 48.9 Å². The van der Waals surface area contributed by atoms with Crippen LogP contribution in [-0.2, 0) is 0 Å². The van der Waals surface area contributed by atoms with Crippen molar-refractivity contribution in [3.63, 3.8) is 0 Å². The largest absolute Gasteiger partial charge is 0.486 e. The summed E-state index contributed by atoms with van der Waals surface area (Å²) in [6, 6.07) is 9.64. The lowest BCUT2D eigenvalue weighted by Crippen LogP contribution is -2.37. The number of carbonyl (C=O) groups is 1. The Balaban J connectivity index is 1.48. The second-order valence-corrected chi connectivity index (χ2v) is 7.37. The van der Waals surface area contributed by atoms with Gasteiger partial charge in [0.1, 0.15) is 25.1 Å². The topological polar surface area (TPSA) is 75.5 Å². The first-order valence-electron chi connectivity index (χ1n) is 9.64. The van der Waals surface area contributed by atoms with Gasteiger partial charge in [-0.05, 0) is 56.5 Å². The van der Waals surface area contributed by atoms with Gasteiger partial charge in [0.25, 0.3) is 0 Å². The number of anilines is 1. The number of nitriles is 1. The van der Waals surface area contributed by atoms with Crippen molar-refractivity contribution in [2.24, 2.45) is 5.92 Å². The lowest BCUT2D eigenvalue weighted by atomic mass is 9.88. The number of aryl methyl sites for hydroxylation is 2. The first kappa shape index (κ1) is 18.3. The molecule has 2 aliphatic rings. The summed E-state index contributed by atoms with van der Waals surface area (Å²) < 4.78 is 11.1. The Morgan fingerprint density at radius 3 is 2.57 bits per heavy atom. The second-order valence-electron chi connectivity index (χ2n) is 7.37. The van der Waals surface area contributed by atoms with Crippen LogP contribution >= 0.6 is 0 Å². The molecule has 4 rings (SSSR count). The zero-order chi connectivity index (χ0) is 19.7. The Kier molecular flexibility index (Phi) is 4.91. The van der Waals surface area contributed by atoms with Gasteiger partial charge in [0.05, 0.1) is 5.56 Å². The fourth-order valence-corrected chi connectivity index (χ4v) is 3.97. The Hall–Kier alpha value is -3.07. The third-order valence-electron chi connectivity index (χ3n) is 5.43. The number of Topliss-reactive ketones (excluding diaryl/α,β-unsaturated/α-hetero) is 1. The summed E-state index contributed by atoms with van der Waals surface area (Å²) in [4.78, 5) is 19.7. The van der Waals surface area contributed by atoms with Crippen LogP contribution < -0.4 is 14.4 Å². The maximum Gasteiger partial charge on any atom is 0.166 e. The number of ether oxygens (including phenoxy) is 2. The van der Waals surface area contributed by atoms with Crippen molar-refractivity contribution in [2.45, 2.75) is 26.7 Å². The van der Waals surface area contributed by atoms with E-state index in [1.165, 1.54) is 0 Å². The van der Waals surface area contributed by atoms with E-state index < -0.39 is 0 Å². The number of benzene rings is 1. The van der Waals surface area contributed by atoms with Crippen LogP contribution in [0.4, 0.5) is 5.82 Å². The van der Waals surface area contributed by atoms with E-state index in [1.807, 2.05) is 32.0 Å². The van der Waals surface area contributed by atoms with E-state index in [2.05, 4.69) is 16.0 Å². The first-order chi connectivity index (χ1) is 13.6. The van der Waals surface area contributed by atoms with Gasteiger partial charge in [-0.25, -0.2) is 4.98 Å². The molecule has 0 saturated carbocycles. The molecule has 0 spiro atoms. The van der Waals surface area contributed by atoms with Gasteiger partial charge in [-0.2, -0.15) is 5.26 Å². The molecule has 6 heteroatoms. The normalized spacial score (nSPS) is 16.5. The molecule has 2 aromatic rings. The molecule has 0 unspecified atom stereocenters. The van der Waals surface area contributed by atoms with Crippen LogP contribution in [0.15, 0.2) is 24.3 Å². The number of aromatic nitrogens is 1. The fraction of sp³-hybridized carbons (Fsp3) is 0.409. The van der Waals surface area contributed by atoms with Gasteiger partial charge >= 0.3 is 0 Å². The molecule has 6 nitrogen and oxygen atoms in total. The molecule has 0 aliphatic carbocycles. The minimum absolute atomic E-state index is 0.0322. The summed E-state index contributed by atoms with van der Waals surface area (Å²) in [5.74, 6) is 2.20. The van der Waals surface area contributed by atoms with E-state index in [-0.39, 0.29) is 11.7 Å². The summed E-state index contributed by atoms with van der Waals surface area (Å²) in [5, 5.41) is 9.51. The number of carbonyl (C=O) groups excluding carboxylic acids is 1. The van der Waals surface area contributed by atoms with Gasteiger partial charge in [0.2, 0.25) is 0 Å². The molecule has 144 valence electrons. The summed E-state index contributed by atoms with van der Waals surface area (Å²) in [5.41, 5.74) is 3.15. The van der Waals surface area contributed by atoms with Crippen molar-refractivity contribution in [3.8, 4) is 17.6 Å². The third-order valence-corrected chi connectivity index (χ3v) is 5.43. The van der Waals surface area contributed by atoms with Crippen molar-refractivity contribution >= 4 is 11.6 Å². The van der Waals surface area contributed by atoms with E-state index in [9.17, 15) is 10.1 Å². The predicted octanol–water partition coefficient (Wildman–Crippen LogP) is 3.44. The lowest BCUT2D eigenvalue weighted by Gasteiger charge is -2.33. The number of hydrogen-bond acceptors (Lipinski definition) is 6. The molecule has 1 fully saturated rings. The van der Waals surface area contributed by atoms with Gasteiger partial charge in [0.15, 0.2) is 17.3 Å². The van der Waals surface area contributed by atoms with Crippen molar-refractivity contribution < 1.29 is 14.3 Å². The van der Waals surface area contributed by atoms with Gasteiger partial charge < -0.3 is 14.4 Å². The second kappa shape index (κ2) is 7.51. The van der Waals surface area contributed by atoms with Gasteiger partial charge in [-0.3, -0.25) is 4.79 Å². The molecular weight excluding hydrogens is 354 g/mol. The Bertz CT molecular complexity index is 956. The molecule has 28 heavy (non-hydrogen) atoms. The average molecular weight is 377 g/mol. The molecule has 1 saturated heterocycles. The Morgan fingerprint density at radius 1 is 1.14 bits per heavy atom. The zero-order valence-corrected chi connectivity index (χ0v) is 16.2. The Morgan fingerprint density at radius 2 is 1.86 bits per heavy atom. The molecule has 1 aromatic heterocycles. The minimum Gasteiger partial charge on any atom is -0.486 e. The van der Waals surface area contributed by atoms with Gasteiger partial charge in [0, 0.05) is 30.3 Å². The van der Waals surface area contributed by atoms with Gasteiger partial charge in [-0.15, -0.1) is 0 Å². The standard InChI is InChI=1S/C22H23N3O3/c1-14-11-15(2)24-22(18(14)13-23)25-7-5-16(6-8-25)21(26)17-3-4-19-20(12-17)28-10-9-27-19/h3-4,11-12,16H,5-10H2,1-2H3. The number of hydrogen-bond donors (Lipinski definition) is 0. The summed E-state index contributed by atoms with van der Waals surface area (Å²) in [6.07, 6.45) is 1.49. The quantitative estimate of drug-likeness (QED) is 0.763. The van der Waals surface area contributed by atoms with Crippen LogP contribution in [0.1, 0.15) is 40.0 Å². The van der Waals surface area contributed by atoms with Crippen molar-refractivity contribution in [3.05, 3.63) is 46.6 Å². The number of piperidine rings is 1. The highest BCUT2D eigenvalue weighted by molar-refractivity contribution is 5.98. The van der Waals surface area contributed by atoms with Crippen molar-refractivity contribution in [1.82, 2.24) is 4.98 Å². The number of rotatable bonds is 3. The molecule has 0 atom stereocenters. The number of nitrogens with zero attached hydrogens (tertiary/aromatic N) is 3. The lowest BCUT2D eigenvalue weighted by molar-refractivity contribution is 0.0899. The molecule has 0 bridgehead atoms. The zero-order valence-electron chi connectivity index (χ0n) is 16.2. The highest BCUT2D eigenvalue weighted by atomic mass is 16.6. The van der Waals surface area contributed by atoms with E-state index >= 15 is 0 Å². The molecule has 0 amide bonds. The van der Waals surface area contributed by atoms with Crippen LogP contribution in [0.3, 0.4) is 0 Å². The summed E-state index contributed by atoms with van der Waals surface area (Å²) in [6.45, 7) is 6.35. The smallest absolute Gasteiger partial charge is 0.166 e. The third kappa shape index (κ3) is 3.40. The highest BCUT2D eigenvalue weighted by Crippen LogP contribution is 2.33. The van der Waals surface area contributed by atoms with E-state index in [0.717, 1.165) is 29.9 Å². The monoisotopic (exact) mass is 377 g/mol. The number of fused-ring (bicyclic) bond motifs is 1. The van der Waals surface area contributed by atoms with Crippen molar-refractivity contribution in [2.75, 3.05) is 31.2 Å². The molecule has 1 aromatic carbocycles. The van der Waals surface area contributed by atoms with Crippen LogP contribution in [0.5, 0.6) is 11.5 Å². The van der Waals surface area contributed by atoms with Crippen LogP contribution in [-0.4, -0.2) is 37.1 Å². The maximum atomic E-state index is 13.0. The first-order valence-corrected chi connectivity index (χ1v) is 9.64. The average Bonchev–Trinajstić information content (AvgIpc) is 2.72. The molecule has 0 N–H and O–H groups in total. The molecule has 2 aliphatic heterocycles. The fourth-order valence-electron chi connectivity index (χ4n) is 3.97. The summed E-state index contributed by atoms with van der Waals surface area (Å²) in [7, 11) is 0. The van der Waals surface area contributed by atoms with Crippen molar-refractivity contribution in [1.29, 1.82) is 5.26 Å². The SMILES string of the molecule is Cc1cc(C)c(C#N)c(N2CCC(C(=O)c3ccc4c(c3)OCCO4)CC2)n1.